The molecule has 3 rings (SSSR count). The van der Waals surface area contributed by atoms with Crippen LogP contribution in [0.25, 0.3) is 0 Å². The number of esters is 1. The van der Waals surface area contributed by atoms with Crippen LogP contribution in [-0.2, 0) is 18.0 Å². The number of hydrogen-bond acceptors (Lipinski definition) is 4. The maximum absolute atomic E-state index is 13.1. The quantitative estimate of drug-likeness (QED) is 0.451. The third-order valence-corrected chi connectivity index (χ3v) is 4.38. The Balaban J connectivity index is 1.82. The summed E-state index contributed by atoms with van der Waals surface area (Å²) >= 11 is 0. The zero-order valence-corrected chi connectivity index (χ0v) is 16.8. The molecule has 0 saturated heterocycles. The van der Waals surface area contributed by atoms with E-state index in [-0.39, 0.29) is 31.5 Å². The largest absolute Gasteiger partial charge is 0.489 e. The maximum atomic E-state index is 13.1. The number of halogens is 2. The average Bonchev–Trinajstić information content (AvgIpc) is 2.73. The zero-order chi connectivity index (χ0) is 21.5. The minimum atomic E-state index is -0.491. The molecule has 156 valence electrons. The third kappa shape index (κ3) is 5.56. The van der Waals surface area contributed by atoms with Crippen molar-refractivity contribution in [1.82, 2.24) is 0 Å². The Hall–Kier alpha value is -3.41. The molecule has 0 spiro atoms. The van der Waals surface area contributed by atoms with E-state index in [9.17, 15) is 13.6 Å². The minimum absolute atomic E-state index is 0.146. The van der Waals surface area contributed by atoms with Crippen molar-refractivity contribution in [3.8, 4) is 11.5 Å². The van der Waals surface area contributed by atoms with E-state index in [1.54, 1.807) is 50.2 Å². The van der Waals surface area contributed by atoms with Crippen LogP contribution in [0.4, 0.5) is 8.78 Å². The monoisotopic (exact) mass is 412 g/mol. The summed E-state index contributed by atoms with van der Waals surface area (Å²) in [5.41, 5.74) is 2.51. The van der Waals surface area contributed by atoms with Gasteiger partial charge in [0.05, 0.1) is 6.61 Å². The van der Waals surface area contributed by atoms with Crippen LogP contribution in [0.1, 0.15) is 34.0 Å². The molecule has 30 heavy (non-hydrogen) atoms. The molecule has 0 heterocycles. The van der Waals surface area contributed by atoms with Gasteiger partial charge in [-0.25, -0.2) is 13.6 Å². The first-order chi connectivity index (χ1) is 14.5. The first kappa shape index (κ1) is 21.3. The van der Waals surface area contributed by atoms with Gasteiger partial charge in [0.15, 0.2) is 0 Å². The number of carbonyl (C=O) groups is 1. The Kier molecular flexibility index (Phi) is 7.01. The van der Waals surface area contributed by atoms with Crippen LogP contribution in [0.2, 0.25) is 0 Å². The molecule has 0 saturated carbocycles. The highest BCUT2D eigenvalue weighted by atomic mass is 19.1. The maximum Gasteiger partial charge on any atom is 0.342 e. The fraction of sp³-hybridized carbons (Fsp3) is 0.208. The molecule has 3 aromatic carbocycles. The van der Waals surface area contributed by atoms with E-state index in [2.05, 4.69) is 0 Å². The molecule has 0 aliphatic rings. The second-order valence-corrected chi connectivity index (χ2v) is 6.66. The van der Waals surface area contributed by atoms with Gasteiger partial charge in [-0.05, 0) is 60.9 Å². The molecule has 6 heteroatoms. The predicted octanol–water partition coefficient (Wildman–Crippen LogP) is 5.61. The summed E-state index contributed by atoms with van der Waals surface area (Å²) in [7, 11) is 0. The van der Waals surface area contributed by atoms with Crippen molar-refractivity contribution in [2.45, 2.75) is 27.1 Å². The Bertz CT molecular complexity index is 999. The molecular formula is C24H22F2O4. The van der Waals surface area contributed by atoms with E-state index in [0.29, 0.717) is 22.6 Å². The van der Waals surface area contributed by atoms with E-state index in [4.69, 9.17) is 14.2 Å². The molecule has 0 N–H and O–H groups in total. The second-order valence-electron chi connectivity index (χ2n) is 6.66. The van der Waals surface area contributed by atoms with Gasteiger partial charge in [0.1, 0.15) is 41.9 Å². The molecule has 0 atom stereocenters. The number of rotatable bonds is 8. The van der Waals surface area contributed by atoms with Crippen LogP contribution in [0.15, 0.2) is 60.7 Å². The van der Waals surface area contributed by atoms with Crippen LogP contribution in [0.5, 0.6) is 11.5 Å². The lowest BCUT2D eigenvalue weighted by atomic mass is 10.1. The van der Waals surface area contributed by atoms with Gasteiger partial charge in [-0.3, -0.25) is 0 Å². The normalized spacial score (nSPS) is 10.5. The van der Waals surface area contributed by atoms with E-state index >= 15 is 0 Å². The minimum Gasteiger partial charge on any atom is -0.489 e. The fourth-order valence-electron chi connectivity index (χ4n) is 2.87. The number of ether oxygens (including phenoxy) is 3. The highest BCUT2D eigenvalue weighted by Gasteiger charge is 2.19. The van der Waals surface area contributed by atoms with Crippen LogP contribution in [-0.4, -0.2) is 12.6 Å². The summed E-state index contributed by atoms with van der Waals surface area (Å²) < 4.78 is 43.0. The van der Waals surface area contributed by atoms with E-state index in [1.165, 1.54) is 24.3 Å². The van der Waals surface area contributed by atoms with E-state index in [1.807, 2.05) is 0 Å². The van der Waals surface area contributed by atoms with Gasteiger partial charge in [-0.15, -0.1) is 0 Å². The molecule has 4 nitrogen and oxygen atoms in total. The summed E-state index contributed by atoms with van der Waals surface area (Å²) in [6.45, 7) is 4.11. The number of hydrogen-bond donors (Lipinski definition) is 0. The van der Waals surface area contributed by atoms with Crippen molar-refractivity contribution >= 4 is 5.97 Å². The van der Waals surface area contributed by atoms with Crippen molar-refractivity contribution in [2.24, 2.45) is 0 Å². The molecule has 0 unspecified atom stereocenters. The van der Waals surface area contributed by atoms with Gasteiger partial charge in [0, 0.05) is 6.07 Å². The van der Waals surface area contributed by atoms with Crippen molar-refractivity contribution in [3.05, 3.63) is 94.6 Å². The number of aryl methyl sites for hydroxylation is 1. The molecule has 0 aliphatic heterocycles. The molecule has 0 amide bonds. The van der Waals surface area contributed by atoms with E-state index < -0.39 is 5.97 Å². The third-order valence-electron chi connectivity index (χ3n) is 4.38. The number of carbonyl (C=O) groups excluding carboxylic acids is 1. The fourth-order valence-corrected chi connectivity index (χ4v) is 2.87. The van der Waals surface area contributed by atoms with Crippen molar-refractivity contribution in [1.29, 1.82) is 0 Å². The summed E-state index contributed by atoms with van der Waals surface area (Å²) in [6, 6.07) is 15.3. The summed E-state index contributed by atoms with van der Waals surface area (Å²) in [5, 5.41) is 0. The van der Waals surface area contributed by atoms with Crippen molar-refractivity contribution in [3.63, 3.8) is 0 Å². The highest BCUT2D eigenvalue weighted by Crippen LogP contribution is 2.31. The average molecular weight is 412 g/mol. The van der Waals surface area contributed by atoms with Crippen molar-refractivity contribution < 1.29 is 27.8 Å². The lowest BCUT2D eigenvalue weighted by molar-refractivity contribution is 0.0520. The predicted molar refractivity (Wildman–Crippen MR) is 109 cm³/mol. The lowest BCUT2D eigenvalue weighted by Gasteiger charge is -2.16. The topological polar surface area (TPSA) is 44.8 Å². The summed E-state index contributed by atoms with van der Waals surface area (Å²) in [6.07, 6.45) is 0. The van der Waals surface area contributed by atoms with Crippen molar-refractivity contribution in [2.75, 3.05) is 6.61 Å². The Morgan fingerprint density at radius 1 is 0.833 bits per heavy atom. The van der Waals surface area contributed by atoms with Gasteiger partial charge in [-0.2, -0.15) is 0 Å². The Morgan fingerprint density at radius 2 is 1.37 bits per heavy atom. The zero-order valence-electron chi connectivity index (χ0n) is 16.8. The molecule has 3 aromatic rings. The first-order valence-electron chi connectivity index (χ1n) is 9.52. The number of benzene rings is 3. The van der Waals surface area contributed by atoms with Crippen LogP contribution in [0, 0.1) is 18.6 Å². The standard InChI is InChI=1S/C24H22F2O4/c1-3-28-24(27)23-16(2)12-21(29-14-17-4-8-19(25)9-5-17)13-22(23)30-15-18-6-10-20(26)11-7-18/h4-13H,3,14-15H2,1-2H3. The SMILES string of the molecule is CCOC(=O)c1c(C)cc(OCc2ccc(F)cc2)cc1OCc1ccc(F)cc1. The van der Waals surface area contributed by atoms with Gasteiger partial charge < -0.3 is 14.2 Å². The smallest absolute Gasteiger partial charge is 0.342 e. The molecule has 0 fully saturated rings. The summed E-state index contributed by atoms with van der Waals surface area (Å²) in [5.74, 6) is -0.331. The van der Waals surface area contributed by atoms with Gasteiger partial charge in [-0.1, -0.05) is 24.3 Å². The molecular weight excluding hydrogens is 390 g/mol. The van der Waals surface area contributed by atoms with Crippen LogP contribution < -0.4 is 9.47 Å². The first-order valence-corrected chi connectivity index (χ1v) is 9.52. The Labute approximate surface area is 174 Å². The lowest BCUT2D eigenvalue weighted by Crippen LogP contribution is -2.10. The molecule has 0 aromatic heterocycles. The summed E-state index contributed by atoms with van der Waals surface area (Å²) in [4.78, 5) is 12.4. The van der Waals surface area contributed by atoms with Gasteiger partial charge in [0.2, 0.25) is 0 Å². The van der Waals surface area contributed by atoms with Gasteiger partial charge in [0.25, 0.3) is 0 Å². The molecule has 0 bridgehead atoms. The van der Waals surface area contributed by atoms with Crippen LogP contribution >= 0.6 is 0 Å². The molecule has 0 radical (unpaired) electrons. The van der Waals surface area contributed by atoms with Crippen LogP contribution in [0.3, 0.4) is 0 Å². The van der Waals surface area contributed by atoms with Gasteiger partial charge >= 0.3 is 5.97 Å². The second kappa shape index (κ2) is 9.87. The highest BCUT2D eigenvalue weighted by molar-refractivity contribution is 5.94. The Morgan fingerprint density at radius 3 is 1.90 bits per heavy atom. The molecule has 0 aliphatic carbocycles. The van der Waals surface area contributed by atoms with E-state index in [0.717, 1.165) is 11.1 Å².